The van der Waals surface area contributed by atoms with E-state index in [9.17, 15) is 4.79 Å². The summed E-state index contributed by atoms with van der Waals surface area (Å²) >= 11 is 0. The number of carbonyl (C=O) groups is 1. The molecule has 1 saturated carbocycles. The van der Waals surface area contributed by atoms with Crippen LogP contribution in [-0.4, -0.2) is 30.4 Å². The summed E-state index contributed by atoms with van der Waals surface area (Å²) in [7, 11) is 1.93. The molecule has 1 atom stereocenters. The predicted molar refractivity (Wildman–Crippen MR) is 67.0 cm³/mol. The van der Waals surface area contributed by atoms with Gasteiger partial charge in [0.25, 0.3) is 0 Å². The largest absolute Gasteiger partial charge is 0.345 e. The van der Waals surface area contributed by atoms with E-state index < -0.39 is 0 Å². The molecule has 3 nitrogen and oxygen atoms in total. The van der Waals surface area contributed by atoms with Crippen LogP contribution in [0.15, 0.2) is 0 Å². The monoisotopic (exact) mass is 226 g/mol. The van der Waals surface area contributed by atoms with Crippen molar-refractivity contribution in [3.05, 3.63) is 0 Å². The quantitative estimate of drug-likeness (QED) is 0.797. The van der Waals surface area contributed by atoms with Gasteiger partial charge in [0.2, 0.25) is 5.91 Å². The van der Waals surface area contributed by atoms with E-state index in [-0.39, 0.29) is 5.92 Å². The van der Waals surface area contributed by atoms with E-state index >= 15 is 0 Å². The SMILES string of the molecule is CCC(C)CN(C)C(=O)C1CCC(N)CC1. The van der Waals surface area contributed by atoms with Crippen molar-refractivity contribution >= 4 is 5.91 Å². The van der Waals surface area contributed by atoms with Crippen LogP contribution in [0.1, 0.15) is 46.0 Å². The van der Waals surface area contributed by atoms with Gasteiger partial charge >= 0.3 is 0 Å². The molecule has 1 fully saturated rings. The van der Waals surface area contributed by atoms with Crippen LogP contribution < -0.4 is 5.73 Å². The highest BCUT2D eigenvalue weighted by Gasteiger charge is 2.26. The number of nitrogens with two attached hydrogens (primary N) is 1. The highest BCUT2D eigenvalue weighted by atomic mass is 16.2. The maximum absolute atomic E-state index is 12.1. The molecule has 3 heteroatoms. The fourth-order valence-corrected chi connectivity index (χ4v) is 2.36. The van der Waals surface area contributed by atoms with Gasteiger partial charge in [-0.25, -0.2) is 0 Å². The van der Waals surface area contributed by atoms with Crippen LogP contribution in [0.3, 0.4) is 0 Å². The van der Waals surface area contributed by atoms with Crippen molar-refractivity contribution in [3.63, 3.8) is 0 Å². The molecule has 1 amide bonds. The molecule has 0 aliphatic heterocycles. The van der Waals surface area contributed by atoms with Crippen LogP contribution in [0.2, 0.25) is 0 Å². The van der Waals surface area contributed by atoms with Gasteiger partial charge in [-0.15, -0.1) is 0 Å². The molecule has 0 saturated heterocycles. The van der Waals surface area contributed by atoms with Crippen molar-refractivity contribution in [2.45, 2.75) is 52.0 Å². The van der Waals surface area contributed by atoms with E-state index in [0.717, 1.165) is 38.6 Å². The number of carbonyl (C=O) groups excluding carboxylic acids is 1. The Morgan fingerprint density at radius 1 is 1.38 bits per heavy atom. The molecule has 16 heavy (non-hydrogen) atoms. The summed E-state index contributed by atoms with van der Waals surface area (Å²) in [5.41, 5.74) is 5.85. The molecule has 0 radical (unpaired) electrons. The van der Waals surface area contributed by atoms with E-state index in [1.807, 2.05) is 11.9 Å². The second-order valence-electron chi connectivity index (χ2n) is 5.34. The van der Waals surface area contributed by atoms with Gasteiger partial charge in [-0.05, 0) is 31.6 Å². The number of hydrogen-bond acceptors (Lipinski definition) is 2. The molecule has 0 aromatic carbocycles. The maximum atomic E-state index is 12.1. The van der Waals surface area contributed by atoms with Gasteiger partial charge in [0.1, 0.15) is 0 Å². The summed E-state index contributed by atoms with van der Waals surface area (Å²) in [4.78, 5) is 14.1. The normalized spacial score (nSPS) is 27.5. The van der Waals surface area contributed by atoms with Gasteiger partial charge in [-0.3, -0.25) is 4.79 Å². The minimum Gasteiger partial charge on any atom is -0.345 e. The first kappa shape index (κ1) is 13.5. The lowest BCUT2D eigenvalue weighted by molar-refractivity contribution is -0.135. The van der Waals surface area contributed by atoms with E-state index in [2.05, 4.69) is 13.8 Å². The predicted octanol–water partition coefficient (Wildman–Crippen LogP) is 2.01. The maximum Gasteiger partial charge on any atom is 0.225 e. The summed E-state index contributed by atoms with van der Waals surface area (Å²) < 4.78 is 0. The van der Waals surface area contributed by atoms with Gasteiger partial charge < -0.3 is 10.6 Å². The Morgan fingerprint density at radius 2 is 1.94 bits per heavy atom. The third-order valence-electron chi connectivity index (χ3n) is 3.78. The Balaban J connectivity index is 2.38. The topological polar surface area (TPSA) is 46.3 Å². The lowest BCUT2D eigenvalue weighted by Crippen LogP contribution is -2.39. The van der Waals surface area contributed by atoms with Gasteiger partial charge in [-0.2, -0.15) is 0 Å². The first-order chi connectivity index (χ1) is 7.54. The van der Waals surface area contributed by atoms with Crippen LogP contribution in [-0.2, 0) is 4.79 Å². The molecule has 1 aliphatic carbocycles. The summed E-state index contributed by atoms with van der Waals surface area (Å²) in [5, 5.41) is 0. The smallest absolute Gasteiger partial charge is 0.225 e. The standard InChI is InChI=1S/C13H26N2O/c1-4-10(2)9-15(3)13(16)11-5-7-12(14)8-6-11/h10-12H,4-9,14H2,1-3H3. The van der Waals surface area contributed by atoms with Gasteiger partial charge in [0, 0.05) is 25.6 Å². The molecule has 1 aliphatic rings. The molecule has 1 rings (SSSR count). The molecular formula is C13H26N2O. The minimum atomic E-state index is 0.230. The van der Waals surface area contributed by atoms with Crippen LogP contribution in [0.5, 0.6) is 0 Å². The van der Waals surface area contributed by atoms with E-state index in [1.54, 1.807) is 0 Å². The molecule has 2 N–H and O–H groups in total. The first-order valence-electron chi connectivity index (χ1n) is 6.55. The van der Waals surface area contributed by atoms with E-state index in [4.69, 9.17) is 5.73 Å². The summed E-state index contributed by atoms with van der Waals surface area (Å²) in [6, 6.07) is 0.323. The molecule has 0 spiro atoms. The molecule has 0 aromatic rings. The Labute approximate surface area is 99.4 Å². The molecule has 1 unspecified atom stereocenters. The lowest BCUT2D eigenvalue weighted by atomic mass is 9.85. The average Bonchev–Trinajstić information content (AvgIpc) is 2.28. The summed E-state index contributed by atoms with van der Waals surface area (Å²) in [6.07, 6.45) is 5.10. The van der Waals surface area contributed by atoms with Crippen molar-refractivity contribution < 1.29 is 4.79 Å². The third kappa shape index (κ3) is 3.78. The Bertz CT molecular complexity index is 222. The number of amides is 1. The van der Waals surface area contributed by atoms with Crippen LogP contribution in [0, 0.1) is 11.8 Å². The van der Waals surface area contributed by atoms with Crippen molar-refractivity contribution in [1.82, 2.24) is 4.90 Å². The molecule has 94 valence electrons. The van der Waals surface area contributed by atoms with Gasteiger partial charge in [0.15, 0.2) is 0 Å². The van der Waals surface area contributed by atoms with Crippen LogP contribution >= 0.6 is 0 Å². The minimum absolute atomic E-state index is 0.230. The molecule has 0 aromatic heterocycles. The summed E-state index contributed by atoms with van der Waals surface area (Å²) in [5.74, 6) is 1.15. The van der Waals surface area contributed by atoms with Crippen molar-refractivity contribution in [3.8, 4) is 0 Å². The van der Waals surface area contributed by atoms with Crippen molar-refractivity contribution in [2.75, 3.05) is 13.6 Å². The fourth-order valence-electron chi connectivity index (χ4n) is 2.36. The molecule has 0 heterocycles. The van der Waals surface area contributed by atoms with Gasteiger partial charge in [0.05, 0.1) is 0 Å². The Morgan fingerprint density at radius 3 is 2.44 bits per heavy atom. The van der Waals surface area contributed by atoms with E-state index in [0.29, 0.717) is 17.9 Å². The lowest BCUT2D eigenvalue weighted by Gasteiger charge is -2.30. The molecular weight excluding hydrogens is 200 g/mol. The van der Waals surface area contributed by atoms with Crippen molar-refractivity contribution in [1.29, 1.82) is 0 Å². The zero-order chi connectivity index (χ0) is 12.1. The summed E-state index contributed by atoms with van der Waals surface area (Å²) in [6.45, 7) is 5.25. The second-order valence-corrected chi connectivity index (χ2v) is 5.34. The average molecular weight is 226 g/mol. The third-order valence-corrected chi connectivity index (χ3v) is 3.78. The zero-order valence-electron chi connectivity index (χ0n) is 10.9. The first-order valence-corrected chi connectivity index (χ1v) is 6.55. The highest BCUT2D eigenvalue weighted by Crippen LogP contribution is 2.25. The zero-order valence-corrected chi connectivity index (χ0v) is 10.9. The fraction of sp³-hybridized carbons (Fsp3) is 0.923. The van der Waals surface area contributed by atoms with Crippen molar-refractivity contribution in [2.24, 2.45) is 17.6 Å². The molecule has 0 bridgehead atoms. The Hall–Kier alpha value is -0.570. The second kappa shape index (κ2) is 6.24. The van der Waals surface area contributed by atoms with E-state index in [1.165, 1.54) is 0 Å². The number of nitrogens with zero attached hydrogens (tertiary/aromatic N) is 1. The number of hydrogen-bond donors (Lipinski definition) is 1. The Kier molecular flexibility index (Phi) is 5.26. The van der Waals surface area contributed by atoms with Gasteiger partial charge in [-0.1, -0.05) is 20.3 Å². The van der Waals surface area contributed by atoms with Crippen LogP contribution in [0.25, 0.3) is 0 Å². The van der Waals surface area contributed by atoms with Crippen LogP contribution in [0.4, 0.5) is 0 Å². The number of rotatable bonds is 4. The highest BCUT2D eigenvalue weighted by molar-refractivity contribution is 5.78.